The number of hydrogen-bond acceptors (Lipinski definition) is 7. The second kappa shape index (κ2) is 14.9. The van der Waals surface area contributed by atoms with Gasteiger partial charge in [-0.2, -0.15) is 0 Å². The second-order valence-corrected chi connectivity index (χ2v) is 10.7. The van der Waals surface area contributed by atoms with Crippen LogP contribution in [0.4, 0.5) is 0 Å². The Morgan fingerprint density at radius 1 is 0.512 bits per heavy atom. The van der Waals surface area contributed by atoms with Crippen molar-refractivity contribution in [2.45, 2.75) is 38.6 Å². The summed E-state index contributed by atoms with van der Waals surface area (Å²) >= 11 is 0. The van der Waals surface area contributed by atoms with Crippen LogP contribution < -0.4 is 18.9 Å². The maximum absolute atomic E-state index is 10.4. The Kier molecular flexibility index (Phi) is 10.6. The van der Waals surface area contributed by atoms with Gasteiger partial charge in [-0.05, 0) is 83.6 Å². The van der Waals surface area contributed by atoms with Crippen LogP contribution in [0, 0.1) is 0 Å². The second-order valence-electron chi connectivity index (χ2n) is 10.7. The average Bonchev–Trinajstić information content (AvgIpc) is 3.96. The van der Waals surface area contributed by atoms with E-state index in [1.807, 2.05) is 72.8 Å². The molecule has 0 amide bonds. The molecule has 2 aliphatic heterocycles. The molecule has 0 bridgehead atoms. The number of rotatable bonds is 16. The zero-order chi connectivity index (χ0) is 28.6. The van der Waals surface area contributed by atoms with Crippen molar-refractivity contribution in [3.8, 4) is 23.0 Å². The first-order valence-corrected chi connectivity index (χ1v) is 14.4. The fourth-order valence-corrected chi connectivity index (χ4v) is 4.43. The van der Waals surface area contributed by atoms with Gasteiger partial charge in [0.1, 0.15) is 67.7 Å². The van der Waals surface area contributed by atoms with Gasteiger partial charge in [-0.3, -0.25) is 0 Å². The van der Waals surface area contributed by atoms with E-state index in [4.69, 9.17) is 28.4 Å². The molecule has 2 unspecified atom stereocenters. The van der Waals surface area contributed by atoms with Gasteiger partial charge in [0.25, 0.3) is 0 Å². The molecule has 43 heavy (non-hydrogen) atoms. The van der Waals surface area contributed by atoms with Crippen LogP contribution in [-0.2, 0) is 22.3 Å². The van der Waals surface area contributed by atoms with Crippen LogP contribution in [0.25, 0.3) is 0 Å². The molecule has 2 heterocycles. The van der Waals surface area contributed by atoms with Gasteiger partial charge in [0, 0.05) is 0 Å². The SMILES string of the molecule is C.OC(COc1ccc(Cc2ccc(OCC3CO3)cc2)cc1)COc1ccc(Cc2ccc(OCC3CO3)cc2)cc1. The van der Waals surface area contributed by atoms with Crippen molar-refractivity contribution >= 4 is 0 Å². The third-order valence-electron chi connectivity index (χ3n) is 7.07. The highest BCUT2D eigenvalue weighted by Gasteiger charge is 2.23. The summed E-state index contributed by atoms with van der Waals surface area (Å²) in [4.78, 5) is 0. The van der Waals surface area contributed by atoms with Crippen LogP contribution in [0.3, 0.4) is 0 Å². The minimum absolute atomic E-state index is 0. The van der Waals surface area contributed by atoms with Crippen LogP contribution in [0.15, 0.2) is 97.1 Å². The lowest BCUT2D eigenvalue weighted by atomic mass is 10.0. The van der Waals surface area contributed by atoms with Crippen molar-refractivity contribution in [3.05, 3.63) is 119 Å². The van der Waals surface area contributed by atoms with Crippen LogP contribution in [0.5, 0.6) is 23.0 Å². The topological polar surface area (TPSA) is 82.2 Å². The highest BCUT2D eigenvalue weighted by Crippen LogP contribution is 2.21. The number of epoxide rings is 2. The van der Waals surface area contributed by atoms with Gasteiger partial charge in [-0.15, -0.1) is 0 Å². The van der Waals surface area contributed by atoms with Crippen LogP contribution >= 0.6 is 0 Å². The summed E-state index contributed by atoms with van der Waals surface area (Å²) < 4.78 is 33.3. The molecule has 2 atom stereocenters. The highest BCUT2D eigenvalue weighted by atomic mass is 16.6. The monoisotopic (exact) mass is 584 g/mol. The maximum Gasteiger partial charge on any atom is 0.122 e. The standard InChI is InChI=1S/C35H36O7.CH4/c36-29(19-37-30-9-1-25(2-10-30)17-27-5-13-32(14-6-27)39-21-34-23-41-34)20-38-31-11-3-26(4-12-31)18-28-7-15-33(16-8-28)40-22-35-24-42-35;/h1-16,29,34-36H,17-24H2;1H4. The zero-order valence-electron chi connectivity index (χ0n) is 23.5. The van der Waals surface area contributed by atoms with E-state index < -0.39 is 6.10 Å². The Labute approximate surface area is 253 Å². The summed E-state index contributed by atoms with van der Waals surface area (Å²) in [6, 6.07) is 32.2. The first-order chi connectivity index (χ1) is 20.6. The Morgan fingerprint density at radius 3 is 1.07 bits per heavy atom. The Hall–Kier alpha value is -4.04. The fraction of sp³-hybridized carbons (Fsp3) is 0.333. The van der Waals surface area contributed by atoms with E-state index in [9.17, 15) is 5.11 Å². The molecular weight excluding hydrogens is 544 g/mol. The summed E-state index contributed by atoms with van der Waals surface area (Å²) in [6.45, 7) is 3.12. The van der Waals surface area contributed by atoms with Gasteiger partial charge in [0.15, 0.2) is 0 Å². The third-order valence-corrected chi connectivity index (χ3v) is 7.07. The van der Waals surface area contributed by atoms with Crippen LogP contribution in [0.2, 0.25) is 0 Å². The molecule has 6 rings (SSSR count). The van der Waals surface area contributed by atoms with E-state index in [1.165, 1.54) is 22.3 Å². The van der Waals surface area contributed by atoms with E-state index in [2.05, 4.69) is 24.3 Å². The number of aliphatic hydroxyl groups is 1. The summed E-state index contributed by atoms with van der Waals surface area (Å²) in [5.74, 6) is 3.15. The summed E-state index contributed by atoms with van der Waals surface area (Å²) in [5, 5.41) is 10.4. The van der Waals surface area contributed by atoms with Crippen LogP contribution in [-0.4, -0.2) is 63.1 Å². The Bertz CT molecular complexity index is 1270. The maximum atomic E-state index is 10.4. The molecule has 4 aromatic carbocycles. The molecule has 0 aromatic heterocycles. The number of benzene rings is 4. The molecule has 0 spiro atoms. The first kappa shape index (κ1) is 30.4. The molecular formula is C36H40O7. The molecule has 7 nitrogen and oxygen atoms in total. The van der Waals surface area contributed by atoms with Crippen molar-refractivity contribution in [2.24, 2.45) is 0 Å². The van der Waals surface area contributed by atoms with Crippen molar-refractivity contribution in [1.82, 2.24) is 0 Å². The summed E-state index contributed by atoms with van der Waals surface area (Å²) in [5.41, 5.74) is 4.78. The van der Waals surface area contributed by atoms with Crippen molar-refractivity contribution in [2.75, 3.05) is 39.6 Å². The number of ether oxygens (including phenoxy) is 6. The average molecular weight is 585 g/mol. The molecule has 4 aromatic rings. The lowest BCUT2D eigenvalue weighted by Crippen LogP contribution is -2.25. The zero-order valence-corrected chi connectivity index (χ0v) is 23.5. The lowest BCUT2D eigenvalue weighted by Gasteiger charge is -2.14. The highest BCUT2D eigenvalue weighted by molar-refractivity contribution is 5.35. The molecule has 0 saturated carbocycles. The summed E-state index contributed by atoms with van der Waals surface area (Å²) in [7, 11) is 0. The Morgan fingerprint density at radius 2 is 0.791 bits per heavy atom. The number of hydrogen-bond donors (Lipinski definition) is 1. The molecule has 2 aliphatic rings. The smallest absolute Gasteiger partial charge is 0.122 e. The van der Waals surface area contributed by atoms with Gasteiger partial charge in [-0.1, -0.05) is 56.0 Å². The third kappa shape index (κ3) is 10.0. The molecule has 2 saturated heterocycles. The summed E-state index contributed by atoms with van der Waals surface area (Å²) in [6.07, 6.45) is 1.40. The van der Waals surface area contributed by atoms with Gasteiger partial charge < -0.3 is 33.5 Å². The van der Waals surface area contributed by atoms with E-state index >= 15 is 0 Å². The number of aliphatic hydroxyl groups excluding tert-OH is 1. The van der Waals surface area contributed by atoms with Crippen molar-refractivity contribution in [3.63, 3.8) is 0 Å². The van der Waals surface area contributed by atoms with E-state index in [-0.39, 0.29) is 32.8 Å². The van der Waals surface area contributed by atoms with E-state index in [0.29, 0.717) is 24.7 Å². The van der Waals surface area contributed by atoms with Crippen molar-refractivity contribution in [1.29, 1.82) is 0 Å². The van der Waals surface area contributed by atoms with Gasteiger partial charge in [0.05, 0.1) is 13.2 Å². The molecule has 1 N–H and O–H groups in total. The molecule has 226 valence electrons. The van der Waals surface area contributed by atoms with Gasteiger partial charge >= 0.3 is 0 Å². The van der Waals surface area contributed by atoms with E-state index in [0.717, 1.165) is 37.6 Å². The minimum Gasteiger partial charge on any atom is -0.491 e. The van der Waals surface area contributed by atoms with Crippen molar-refractivity contribution < 1.29 is 33.5 Å². The fourth-order valence-electron chi connectivity index (χ4n) is 4.43. The Balaban J connectivity index is 0.00000368. The molecule has 7 heteroatoms. The lowest BCUT2D eigenvalue weighted by molar-refractivity contribution is 0.0626. The predicted molar refractivity (Wildman–Crippen MR) is 166 cm³/mol. The minimum atomic E-state index is -0.747. The predicted octanol–water partition coefficient (Wildman–Crippen LogP) is 5.88. The quantitative estimate of drug-likeness (QED) is 0.165. The molecule has 2 fully saturated rings. The normalized spacial score (nSPS) is 17.3. The molecule has 0 radical (unpaired) electrons. The van der Waals surface area contributed by atoms with Gasteiger partial charge in [0.2, 0.25) is 0 Å². The largest absolute Gasteiger partial charge is 0.491 e. The van der Waals surface area contributed by atoms with Crippen LogP contribution in [0.1, 0.15) is 29.7 Å². The van der Waals surface area contributed by atoms with E-state index in [1.54, 1.807) is 0 Å². The molecule has 0 aliphatic carbocycles. The first-order valence-electron chi connectivity index (χ1n) is 14.4. The van der Waals surface area contributed by atoms with Gasteiger partial charge in [-0.25, -0.2) is 0 Å².